The van der Waals surface area contributed by atoms with Gasteiger partial charge in [0.15, 0.2) is 0 Å². The SMILES string of the molecule is Cc1cnccc1F.Cl. The number of halogens is 2. The lowest BCUT2D eigenvalue weighted by Crippen LogP contribution is -1.80. The van der Waals surface area contributed by atoms with Gasteiger partial charge in [0.05, 0.1) is 0 Å². The van der Waals surface area contributed by atoms with Gasteiger partial charge < -0.3 is 0 Å². The first-order chi connectivity index (χ1) is 3.80. The maximum absolute atomic E-state index is 12.3. The highest BCUT2D eigenvalue weighted by Gasteiger charge is 1.89. The molecule has 0 bridgehead atoms. The number of nitrogens with zero attached hydrogens (tertiary/aromatic N) is 1. The quantitative estimate of drug-likeness (QED) is 0.547. The van der Waals surface area contributed by atoms with E-state index in [9.17, 15) is 4.39 Å². The highest BCUT2D eigenvalue weighted by atomic mass is 35.5. The van der Waals surface area contributed by atoms with E-state index in [1.54, 1.807) is 6.92 Å². The Labute approximate surface area is 59.3 Å². The van der Waals surface area contributed by atoms with Crippen molar-refractivity contribution in [1.29, 1.82) is 0 Å². The number of hydrogen-bond donors (Lipinski definition) is 0. The molecule has 0 aromatic carbocycles. The van der Waals surface area contributed by atoms with Crippen LogP contribution in [0.5, 0.6) is 0 Å². The molecule has 0 unspecified atom stereocenters. The van der Waals surface area contributed by atoms with Crippen LogP contribution >= 0.6 is 12.4 Å². The Balaban J connectivity index is 0.000000640. The number of rotatable bonds is 0. The van der Waals surface area contributed by atoms with Gasteiger partial charge in [0, 0.05) is 18.0 Å². The maximum atomic E-state index is 12.3. The third kappa shape index (κ3) is 1.98. The van der Waals surface area contributed by atoms with Crippen molar-refractivity contribution in [3.05, 3.63) is 29.8 Å². The van der Waals surface area contributed by atoms with E-state index in [4.69, 9.17) is 0 Å². The van der Waals surface area contributed by atoms with Crippen molar-refractivity contribution >= 4 is 12.4 Å². The Morgan fingerprint density at radius 2 is 2.22 bits per heavy atom. The molecule has 1 aromatic rings. The molecule has 1 aromatic heterocycles. The summed E-state index contributed by atoms with van der Waals surface area (Å²) in [4.78, 5) is 3.71. The average Bonchev–Trinajstić information content (AvgIpc) is 1.77. The van der Waals surface area contributed by atoms with Gasteiger partial charge in [0.2, 0.25) is 0 Å². The second kappa shape index (κ2) is 3.41. The topological polar surface area (TPSA) is 12.9 Å². The van der Waals surface area contributed by atoms with E-state index in [0.29, 0.717) is 5.56 Å². The van der Waals surface area contributed by atoms with Crippen LogP contribution < -0.4 is 0 Å². The molecule has 0 amide bonds. The second-order valence-electron chi connectivity index (χ2n) is 1.62. The van der Waals surface area contributed by atoms with Crippen LogP contribution in [0.3, 0.4) is 0 Å². The molecule has 0 saturated carbocycles. The standard InChI is InChI=1S/C6H6FN.ClH/c1-5-4-8-3-2-6(5)7;/h2-4H,1H3;1H. The molecule has 0 atom stereocenters. The molecule has 0 spiro atoms. The molecule has 0 fully saturated rings. The zero-order valence-corrected chi connectivity index (χ0v) is 5.78. The van der Waals surface area contributed by atoms with Crippen molar-refractivity contribution < 1.29 is 4.39 Å². The van der Waals surface area contributed by atoms with E-state index in [0.717, 1.165) is 0 Å². The maximum Gasteiger partial charge on any atom is 0.129 e. The number of hydrogen-bond acceptors (Lipinski definition) is 1. The summed E-state index contributed by atoms with van der Waals surface area (Å²) in [6.07, 6.45) is 2.93. The second-order valence-corrected chi connectivity index (χ2v) is 1.62. The summed E-state index contributed by atoms with van der Waals surface area (Å²) in [5, 5.41) is 0. The van der Waals surface area contributed by atoms with Crippen molar-refractivity contribution in [2.24, 2.45) is 0 Å². The lowest BCUT2D eigenvalue weighted by molar-refractivity contribution is 0.616. The van der Waals surface area contributed by atoms with Crippen LogP contribution in [0.1, 0.15) is 5.56 Å². The summed E-state index contributed by atoms with van der Waals surface area (Å²) in [7, 11) is 0. The zero-order valence-electron chi connectivity index (χ0n) is 4.97. The third-order valence-electron chi connectivity index (χ3n) is 0.952. The van der Waals surface area contributed by atoms with E-state index >= 15 is 0 Å². The van der Waals surface area contributed by atoms with Crippen LogP contribution in [0.2, 0.25) is 0 Å². The fourth-order valence-corrected chi connectivity index (χ4v) is 0.456. The van der Waals surface area contributed by atoms with Gasteiger partial charge in [-0.25, -0.2) is 4.39 Å². The fourth-order valence-electron chi connectivity index (χ4n) is 0.456. The Morgan fingerprint density at radius 3 is 2.56 bits per heavy atom. The lowest BCUT2D eigenvalue weighted by Gasteiger charge is -1.88. The highest BCUT2D eigenvalue weighted by Crippen LogP contribution is 1.99. The molecule has 0 N–H and O–H groups in total. The molecule has 0 aliphatic heterocycles. The van der Waals surface area contributed by atoms with E-state index in [-0.39, 0.29) is 18.2 Å². The molecule has 1 nitrogen and oxygen atoms in total. The minimum Gasteiger partial charge on any atom is -0.264 e. The molecule has 0 radical (unpaired) electrons. The fraction of sp³-hybridized carbons (Fsp3) is 0.167. The zero-order chi connectivity index (χ0) is 5.98. The van der Waals surface area contributed by atoms with Crippen molar-refractivity contribution in [3.63, 3.8) is 0 Å². The molecule has 3 heteroatoms. The Kier molecular flexibility index (Phi) is 3.17. The highest BCUT2D eigenvalue weighted by molar-refractivity contribution is 5.85. The molecular weight excluding hydrogens is 141 g/mol. The number of aromatic nitrogens is 1. The summed E-state index contributed by atoms with van der Waals surface area (Å²) in [6.45, 7) is 1.68. The predicted molar refractivity (Wildman–Crippen MR) is 36.2 cm³/mol. The first kappa shape index (κ1) is 8.37. The summed E-state index contributed by atoms with van der Waals surface area (Å²) < 4.78 is 12.3. The predicted octanol–water partition coefficient (Wildman–Crippen LogP) is 1.95. The third-order valence-corrected chi connectivity index (χ3v) is 0.952. The molecule has 0 aliphatic rings. The van der Waals surface area contributed by atoms with Crippen LogP contribution in [0.4, 0.5) is 4.39 Å². The van der Waals surface area contributed by atoms with Crippen molar-refractivity contribution in [2.75, 3.05) is 0 Å². The average molecular weight is 148 g/mol. The minimum atomic E-state index is -0.194. The van der Waals surface area contributed by atoms with Gasteiger partial charge in [-0.15, -0.1) is 12.4 Å². The van der Waals surface area contributed by atoms with Crippen LogP contribution in [-0.4, -0.2) is 4.98 Å². The van der Waals surface area contributed by atoms with Crippen molar-refractivity contribution in [1.82, 2.24) is 4.98 Å². The molecule has 0 aliphatic carbocycles. The monoisotopic (exact) mass is 147 g/mol. The van der Waals surface area contributed by atoms with Gasteiger partial charge in [-0.05, 0) is 13.0 Å². The van der Waals surface area contributed by atoms with Crippen molar-refractivity contribution in [3.8, 4) is 0 Å². The Hall–Kier alpha value is -0.630. The Morgan fingerprint density at radius 1 is 1.56 bits per heavy atom. The van der Waals surface area contributed by atoms with Crippen LogP contribution in [-0.2, 0) is 0 Å². The van der Waals surface area contributed by atoms with Gasteiger partial charge in [0.1, 0.15) is 5.82 Å². The summed E-state index contributed by atoms with van der Waals surface area (Å²) in [5.41, 5.74) is 0.590. The first-order valence-electron chi connectivity index (χ1n) is 2.37. The van der Waals surface area contributed by atoms with Gasteiger partial charge in [-0.3, -0.25) is 4.98 Å². The largest absolute Gasteiger partial charge is 0.264 e. The summed E-state index contributed by atoms with van der Waals surface area (Å²) in [5.74, 6) is -0.194. The van der Waals surface area contributed by atoms with Gasteiger partial charge in [0.25, 0.3) is 0 Å². The van der Waals surface area contributed by atoms with Gasteiger partial charge >= 0.3 is 0 Å². The molecule has 0 saturated heterocycles. The van der Waals surface area contributed by atoms with E-state index in [1.807, 2.05) is 0 Å². The molecule has 50 valence electrons. The summed E-state index contributed by atoms with van der Waals surface area (Å²) in [6, 6.07) is 1.34. The molecule has 1 rings (SSSR count). The van der Waals surface area contributed by atoms with Crippen LogP contribution in [0, 0.1) is 12.7 Å². The minimum absolute atomic E-state index is 0. The number of aryl methyl sites for hydroxylation is 1. The smallest absolute Gasteiger partial charge is 0.129 e. The summed E-state index contributed by atoms with van der Waals surface area (Å²) >= 11 is 0. The first-order valence-corrected chi connectivity index (χ1v) is 2.37. The normalized spacial score (nSPS) is 8.22. The van der Waals surface area contributed by atoms with E-state index in [2.05, 4.69) is 4.98 Å². The molecular formula is C6H7ClFN. The molecule has 9 heavy (non-hydrogen) atoms. The van der Waals surface area contributed by atoms with Gasteiger partial charge in [-0.2, -0.15) is 0 Å². The van der Waals surface area contributed by atoms with E-state index in [1.165, 1.54) is 18.5 Å². The van der Waals surface area contributed by atoms with Gasteiger partial charge in [-0.1, -0.05) is 0 Å². The van der Waals surface area contributed by atoms with Crippen molar-refractivity contribution in [2.45, 2.75) is 6.92 Å². The van der Waals surface area contributed by atoms with Crippen LogP contribution in [0.25, 0.3) is 0 Å². The van der Waals surface area contributed by atoms with Crippen LogP contribution in [0.15, 0.2) is 18.5 Å². The molecule has 1 heterocycles. The van der Waals surface area contributed by atoms with E-state index < -0.39 is 0 Å². The number of pyridine rings is 1. The lowest BCUT2D eigenvalue weighted by atomic mass is 10.3. The Bertz CT molecular complexity index is 169.